The fourth-order valence-electron chi connectivity index (χ4n) is 0.552. The molecule has 0 radical (unpaired) electrons. The van der Waals surface area contributed by atoms with E-state index in [1.165, 1.54) is 10.9 Å². The summed E-state index contributed by atoms with van der Waals surface area (Å²) in [5.41, 5.74) is 1.33. The fourth-order valence-corrected chi connectivity index (χ4v) is 0.744. The zero-order valence-electron chi connectivity index (χ0n) is 4.89. The summed E-state index contributed by atoms with van der Waals surface area (Å²) in [5.74, 6) is 0. The normalized spacial score (nSPS) is 17.8. The first kappa shape index (κ1) is 5.78. The molecule has 0 nitrogen and oxygen atoms in total. The Labute approximate surface area is 52.2 Å². The molecule has 0 heterocycles. The van der Waals surface area contributed by atoms with Gasteiger partial charge in [-0.3, -0.25) is 0 Å². The highest BCUT2D eigenvalue weighted by Gasteiger charge is 1.96. The van der Waals surface area contributed by atoms with Gasteiger partial charge in [0.1, 0.15) is 0 Å². The number of rotatable bonds is 1. The van der Waals surface area contributed by atoms with E-state index >= 15 is 0 Å². The van der Waals surface area contributed by atoms with Gasteiger partial charge < -0.3 is 0 Å². The molecule has 0 N–H and O–H groups in total. The van der Waals surface area contributed by atoms with Crippen molar-refractivity contribution in [2.45, 2.75) is 6.92 Å². The van der Waals surface area contributed by atoms with Gasteiger partial charge in [-0.05, 0) is 17.8 Å². The Morgan fingerprint density at radius 3 is 2.50 bits per heavy atom. The molecule has 1 heteroatoms. The average molecular weight is 124 g/mol. The minimum absolute atomic E-state index is 1.28. The van der Waals surface area contributed by atoms with Gasteiger partial charge in [-0.1, -0.05) is 24.3 Å². The van der Waals surface area contributed by atoms with Crippen molar-refractivity contribution in [1.29, 1.82) is 0 Å². The zero-order chi connectivity index (χ0) is 5.98. The minimum Gasteiger partial charge on any atom is -0.105 e. The Morgan fingerprint density at radius 2 is 2.38 bits per heavy atom. The van der Waals surface area contributed by atoms with E-state index in [1.807, 2.05) is 13.0 Å². The first-order valence-corrected chi connectivity index (χ1v) is 3.23. The van der Waals surface area contributed by atoms with E-state index in [-0.39, 0.29) is 0 Å². The molecular formula is C7H9P. The van der Waals surface area contributed by atoms with Gasteiger partial charge in [-0.2, -0.15) is 0 Å². The van der Waals surface area contributed by atoms with Crippen molar-refractivity contribution in [3.8, 4) is 0 Å². The van der Waals surface area contributed by atoms with Crippen molar-refractivity contribution in [2.75, 3.05) is 0 Å². The lowest BCUT2D eigenvalue weighted by atomic mass is 10.1. The quantitative estimate of drug-likeness (QED) is 0.470. The molecule has 1 aliphatic carbocycles. The van der Waals surface area contributed by atoms with Gasteiger partial charge in [0.25, 0.3) is 0 Å². The molecule has 1 aliphatic rings. The Kier molecular flexibility index (Phi) is 1.65. The van der Waals surface area contributed by atoms with E-state index in [0.29, 0.717) is 0 Å². The molecule has 42 valence electrons. The zero-order valence-corrected chi connectivity index (χ0v) is 6.04. The topological polar surface area (TPSA) is 0 Å². The van der Waals surface area contributed by atoms with Crippen LogP contribution in [0.15, 0.2) is 35.2 Å². The van der Waals surface area contributed by atoms with Crippen LogP contribution in [0, 0.1) is 0 Å². The smallest absolute Gasteiger partial charge is 0.0188 e. The maximum Gasteiger partial charge on any atom is -0.0188 e. The van der Waals surface area contributed by atoms with E-state index in [4.69, 9.17) is 0 Å². The van der Waals surface area contributed by atoms with Crippen LogP contribution in [0.1, 0.15) is 6.92 Å². The van der Waals surface area contributed by atoms with Gasteiger partial charge in [-0.25, -0.2) is 0 Å². The van der Waals surface area contributed by atoms with Crippen molar-refractivity contribution in [3.63, 3.8) is 0 Å². The molecular weight excluding hydrogens is 115 g/mol. The number of hydrogen-bond acceptors (Lipinski definition) is 0. The lowest BCUT2D eigenvalue weighted by molar-refractivity contribution is 1.54. The molecule has 0 aromatic rings. The molecule has 8 heavy (non-hydrogen) atoms. The highest BCUT2D eigenvalue weighted by atomic mass is 31.0. The molecule has 0 aliphatic heterocycles. The summed E-state index contributed by atoms with van der Waals surface area (Å²) in [6, 6.07) is 0. The maximum atomic E-state index is 2.69. The fraction of sp³-hybridized carbons (Fsp3) is 0.143. The highest BCUT2D eigenvalue weighted by Crippen LogP contribution is 2.22. The van der Waals surface area contributed by atoms with Crippen LogP contribution in [0.5, 0.6) is 0 Å². The van der Waals surface area contributed by atoms with Gasteiger partial charge in [0, 0.05) is 0 Å². The standard InChI is InChI=1S/C7H9P/c1-2-7(8)6-4-3-5-6/h2-5H,8H2,1H3. The predicted molar refractivity (Wildman–Crippen MR) is 40.7 cm³/mol. The van der Waals surface area contributed by atoms with Gasteiger partial charge in [-0.15, -0.1) is 9.24 Å². The van der Waals surface area contributed by atoms with Crippen molar-refractivity contribution < 1.29 is 0 Å². The van der Waals surface area contributed by atoms with Crippen LogP contribution >= 0.6 is 9.24 Å². The Hall–Kier alpha value is -0.350. The molecule has 0 aromatic heterocycles. The van der Waals surface area contributed by atoms with E-state index in [9.17, 15) is 0 Å². The third kappa shape index (κ3) is 0.900. The first-order chi connectivity index (χ1) is 3.84. The molecule has 0 amide bonds. The second-order valence-electron chi connectivity index (χ2n) is 1.73. The Morgan fingerprint density at radius 1 is 1.75 bits per heavy atom. The molecule has 1 rings (SSSR count). The van der Waals surface area contributed by atoms with Crippen molar-refractivity contribution in [1.82, 2.24) is 0 Å². The molecule has 0 spiro atoms. The number of allylic oxidation sites excluding steroid dienone is 6. The van der Waals surface area contributed by atoms with E-state index in [0.717, 1.165) is 0 Å². The van der Waals surface area contributed by atoms with Crippen molar-refractivity contribution in [2.24, 2.45) is 0 Å². The number of hydrogen-bond donors (Lipinski definition) is 0. The molecule has 1 unspecified atom stereocenters. The second-order valence-corrected chi connectivity index (χ2v) is 2.35. The summed E-state index contributed by atoms with van der Waals surface area (Å²) >= 11 is 0. The molecule has 1 atom stereocenters. The van der Waals surface area contributed by atoms with Crippen LogP contribution in [0.3, 0.4) is 0 Å². The minimum atomic E-state index is 1.28. The Bertz CT molecular complexity index is 167. The van der Waals surface area contributed by atoms with Gasteiger partial charge >= 0.3 is 0 Å². The van der Waals surface area contributed by atoms with Crippen LogP contribution in [-0.4, -0.2) is 0 Å². The largest absolute Gasteiger partial charge is 0.105 e. The predicted octanol–water partition coefficient (Wildman–Crippen LogP) is 2.26. The van der Waals surface area contributed by atoms with E-state index in [2.05, 4.69) is 27.5 Å². The molecule has 0 aromatic carbocycles. The summed E-state index contributed by atoms with van der Waals surface area (Å²) in [6.45, 7) is 2.04. The highest BCUT2D eigenvalue weighted by molar-refractivity contribution is 7.23. The molecule has 0 saturated heterocycles. The van der Waals surface area contributed by atoms with Crippen LogP contribution in [0.4, 0.5) is 0 Å². The van der Waals surface area contributed by atoms with Crippen LogP contribution < -0.4 is 0 Å². The summed E-state index contributed by atoms with van der Waals surface area (Å²) in [6.07, 6.45) is 8.33. The third-order valence-electron chi connectivity index (χ3n) is 1.20. The van der Waals surface area contributed by atoms with Gasteiger partial charge in [0.05, 0.1) is 0 Å². The maximum absolute atomic E-state index is 2.69. The van der Waals surface area contributed by atoms with Crippen molar-refractivity contribution in [3.05, 3.63) is 35.2 Å². The van der Waals surface area contributed by atoms with E-state index < -0.39 is 0 Å². The molecule has 0 bridgehead atoms. The monoisotopic (exact) mass is 124 g/mol. The third-order valence-corrected chi connectivity index (χ3v) is 1.86. The van der Waals surface area contributed by atoms with Crippen molar-refractivity contribution >= 4 is 9.24 Å². The van der Waals surface area contributed by atoms with Gasteiger partial charge in [0.15, 0.2) is 0 Å². The van der Waals surface area contributed by atoms with Crippen LogP contribution in [0.25, 0.3) is 0 Å². The average Bonchev–Trinajstić information content (AvgIpc) is 1.62. The first-order valence-electron chi connectivity index (χ1n) is 2.65. The van der Waals surface area contributed by atoms with Crippen LogP contribution in [-0.2, 0) is 0 Å². The summed E-state index contributed by atoms with van der Waals surface area (Å²) in [7, 11) is 2.69. The van der Waals surface area contributed by atoms with Gasteiger partial charge in [0.2, 0.25) is 0 Å². The summed E-state index contributed by atoms with van der Waals surface area (Å²) in [4.78, 5) is 0. The lowest BCUT2D eigenvalue weighted by Crippen LogP contribution is -1.82. The van der Waals surface area contributed by atoms with E-state index in [1.54, 1.807) is 0 Å². The second kappa shape index (κ2) is 2.28. The lowest BCUT2D eigenvalue weighted by Gasteiger charge is -2.04. The summed E-state index contributed by atoms with van der Waals surface area (Å²) in [5, 5.41) is 1.28. The summed E-state index contributed by atoms with van der Waals surface area (Å²) < 4.78 is 0. The molecule has 0 fully saturated rings. The van der Waals surface area contributed by atoms with Crippen LogP contribution in [0.2, 0.25) is 0 Å². The molecule has 0 saturated carbocycles. The Balaban J connectivity index is 2.61. The SMILES string of the molecule is CC=C(P)C1=CC=C1.